The van der Waals surface area contributed by atoms with Crippen LogP contribution in [0.4, 0.5) is 5.69 Å². The SMILES string of the molecule is Cc1ncsc1CNc1ccc(CN2CCOCC2)cc1. The van der Waals surface area contributed by atoms with Gasteiger partial charge >= 0.3 is 0 Å². The number of morpholine rings is 1. The quantitative estimate of drug-likeness (QED) is 0.921. The smallest absolute Gasteiger partial charge is 0.0798 e. The van der Waals surface area contributed by atoms with E-state index in [4.69, 9.17) is 4.74 Å². The fourth-order valence-electron chi connectivity index (χ4n) is 2.42. The van der Waals surface area contributed by atoms with Gasteiger partial charge in [0.1, 0.15) is 0 Å². The summed E-state index contributed by atoms with van der Waals surface area (Å²) in [6, 6.07) is 8.73. The Morgan fingerprint density at radius 1 is 1.24 bits per heavy atom. The van der Waals surface area contributed by atoms with E-state index in [9.17, 15) is 0 Å². The molecule has 4 nitrogen and oxygen atoms in total. The molecule has 1 aromatic heterocycles. The van der Waals surface area contributed by atoms with Gasteiger partial charge in [-0.25, -0.2) is 4.98 Å². The first kappa shape index (κ1) is 14.5. The van der Waals surface area contributed by atoms with E-state index in [2.05, 4.69) is 46.4 Å². The normalized spacial score (nSPS) is 16.0. The van der Waals surface area contributed by atoms with Crippen LogP contribution in [0.25, 0.3) is 0 Å². The first-order valence-corrected chi connectivity index (χ1v) is 8.21. The minimum Gasteiger partial charge on any atom is -0.380 e. The third-order valence-corrected chi connectivity index (χ3v) is 4.70. The molecule has 2 heterocycles. The molecular formula is C16H21N3OS. The summed E-state index contributed by atoms with van der Waals surface area (Å²) in [6.07, 6.45) is 0. The summed E-state index contributed by atoms with van der Waals surface area (Å²) in [5.41, 5.74) is 5.54. The summed E-state index contributed by atoms with van der Waals surface area (Å²) in [6.45, 7) is 7.69. The Morgan fingerprint density at radius 3 is 2.67 bits per heavy atom. The highest BCUT2D eigenvalue weighted by molar-refractivity contribution is 7.09. The molecule has 0 atom stereocenters. The molecular weight excluding hydrogens is 282 g/mol. The number of aromatic nitrogens is 1. The highest BCUT2D eigenvalue weighted by Gasteiger charge is 2.10. The second-order valence-corrected chi connectivity index (χ2v) is 6.24. The van der Waals surface area contributed by atoms with Crippen LogP contribution in [0.3, 0.4) is 0 Å². The van der Waals surface area contributed by atoms with Crippen molar-refractivity contribution in [2.45, 2.75) is 20.0 Å². The summed E-state index contributed by atoms with van der Waals surface area (Å²) < 4.78 is 5.38. The zero-order valence-electron chi connectivity index (χ0n) is 12.3. The van der Waals surface area contributed by atoms with E-state index in [1.165, 1.54) is 10.4 Å². The van der Waals surface area contributed by atoms with Crippen molar-refractivity contribution in [2.75, 3.05) is 31.6 Å². The molecule has 1 aliphatic heterocycles. The van der Waals surface area contributed by atoms with Crippen LogP contribution in [0.5, 0.6) is 0 Å². The number of nitrogens with zero attached hydrogens (tertiary/aromatic N) is 2. The molecule has 3 rings (SSSR count). The molecule has 0 saturated carbocycles. The third kappa shape index (κ3) is 4.03. The maximum Gasteiger partial charge on any atom is 0.0798 e. The maximum atomic E-state index is 5.38. The summed E-state index contributed by atoms with van der Waals surface area (Å²) in [7, 11) is 0. The lowest BCUT2D eigenvalue weighted by Crippen LogP contribution is -2.35. The number of nitrogens with one attached hydrogen (secondary N) is 1. The highest BCUT2D eigenvalue weighted by Crippen LogP contribution is 2.16. The maximum absolute atomic E-state index is 5.38. The zero-order valence-corrected chi connectivity index (χ0v) is 13.2. The molecule has 0 amide bonds. The van der Waals surface area contributed by atoms with Crippen molar-refractivity contribution in [3.63, 3.8) is 0 Å². The van der Waals surface area contributed by atoms with Crippen LogP contribution in [-0.2, 0) is 17.8 Å². The number of aryl methyl sites for hydroxylation is 1. The third-order valence-electron chi connectivity index (χ3n) is 3.76. The van der Waals surface area contributed by atoms with Gasteiger partial charge in [0.15, 0.2) is 0 Å². The topological polar surface area (TPSA) is 37.4 Å². The molecule has 5 heteroatoms. The number of hydrogen-bond donors (Lipinski definition) is 1. The Hall–Kier alpha value is -1.43. The molecule has 0 bridgehead atoms. The minimum absolute atomic E-state index is 0.847. The zero-order chi connectivity index (χ0) is 14.5. The Balaban J connectivity index is 1.52. The van der Waals surface area contributed by atoms with E-state index in [1.54, 1.807) is 11.3 Å². The van der Waals surface area contributed by atoms with Gasteiger partial charge in [-0.05, 0) is 24.6 Å². The molecule has 112 valence electrons. The van der Waals surface area contributed by atoms with Crippen molar-refractivity contribution in [1.29, 1.82) is 0 Å². The number of anilines is 1. The van der Waals surface area contributed by atoms with Gasteiger partial charge in [0.2, 0.25) is 0 Å². The molecule has 0 radical (unpaired) electrons. The van der Waals surface area contributed by atoms with Gasteiger partial charge in [0, 0.05) is 30.2 Å². The van der Waals surface area contributed by atoms with Crippen molar-refractivity contribution in [3.8, 4) is 0 Å². The number of thiazole rings is 1. The van der Waals surface area contributed by atoms with Crippen LogP contribution < -0.4 is 5.32 Å². The Kier molecular flexibility index (Phi) is 4.85. The molecule has 1 saturated heterocycles. The predicted octanol–water partition coefficient (Wildman–Crippen LogP) is 2.90. The van der Waals surface area contributed by atoms with Crippen LogP contribution in [0.1, 0.15) is 16.1 Å². The molecule has 0 unspecified atom stereocenters. The Bertz CT molecular complexity index is 561. The molecule has 1 fully saturated rings. The summed E-state index contributed by atoms with van der Waals surface area (Å²) >= 11 is 1.70. The van der Waals surface area contributed by atoms with Crippen LogP contribution in [0.15, 0.2) is 29.8 Å². The van der Waals surface area contributed by atoms with Crippen molar-refractivity contribution >= 4 is 17.0 Å². The van der Waals surface area contributed by atoms with Gasteiger partial charge < -0.3 is 10.1 Å². The monoisotopic (exact) mass is 303 g/mol. The van der Waals surface area contributed by atoms with Gasteiger partial charge in [-0.1, -0.05) is 12.1 Å². The van der Waals surface area contributed by atoms with Crippen LogP contribution in [0, 0.1) is 6.92 Å². The van der Waals surface area contributed by atoms with E-state index in [0.29, 0.717) is 0 Å². The van der Waals surface area contributed by atoms with E-state index in [-0.39, 0.29) is 0 Å². The lowest BCUT2D eigenvalue weighted by Gasteiger charge is -2.26. The molecule has 0 spiro atoms. The number of ether oxygens (including phenoxy) is 1. The first-order chi connectivity index (χ1) is 10.3. The number of rotatable bonds is 5. The van der Waals surface area contributed by atoms with Crippen molar-refractivity contribution in [1.82, 2.24) is 9.88 Å². The largest absolute Gasteiger partial charge is 0.380 e. The van der Waals surface area contributed by atoms with E-state index < -0.39 is 0 Å². The summed E-state index contributed by atoms with van der Waals surface area (Å²) in [5, 5.41) is 3.46. The average Bonchev–Trinajstić information content (AvgIpc) is 2.93. The highest BCUT2D eigenvalue weighted by atomic mass is 32.1. The van der Waals surface area contributed by atoms with Crippen molar-refractivity contribution in [2.24, 2.45) is 0 Å². The van der Waals surface area contributed by atoms with E-state index in [1.807, 2.05) is 5.51 Å². The van der Waals surface area contributed by atoms with Crippen molar-refractivity contribution < 1.29 is 4.74 Å². The lowest BCUT2D eigenvalue weighted by atomic mass is 10.2. The molecule has 1 aliphatic rings. The summed E-state index contributed by atoms with van der Waals surface area (Å²) in [4.78, 5) is 8.01. The van der Waals surface area contributed by atoms with Gasteiger partial charge in [-0.3, -0.25) is 4.90 Å². The second-order valence-electron chi connectivity index (χ2n) is 5.30. The van der Waals surface area contributed by atoms with Crippen LogP contribution in [-0.4, -0.2) is 36.2 Å². The fraction of sp³-hybridized carbons (Fsp3) is 0.438. The minimum atomic E-state index is 0.847. The molecule has 0 aliphatic carbocycles. The lowest BCUT2D eigenvalue weighted by molar-refractivity contribution is 0.0342. The Morgan fingerprint density at radius 2 is 2.00 bits per heavy atom. The average molecular weight is 303 g/mol. The molecule has 1 N–H and O–H groups in total. The number of benzene rings is 1. The fourth-order valence-corrected chi connectivity index (χ4v) is 3.14. The van der Waals surface area contributed by atoms with Crippen LogP contribution in [0.2, 0.25) is 0 Å². The van der Waals surface area contributed by atoms with E-state index >= 15 is 0 Å². The number of hydrogen-bond acceptors (Lipinski definition) is 5. The van der Waals surface area contributed by atoms with Gasteiger partial charge in [0.25, 0.3) is 0 Å². The molecule has 21 heavy (non-hydrogen) atoms. The van der Waals surface area contributed by atoms with Crippen LogP contribution >= 0.6 is 11.3 Å². The molecule has 2 aromatic rings. The second kappa shape index (κ2) is 7.02. The van der Waals surface area contributed by atoms with Gasteiger partial charge in [-0.2, -0.15) is 0 Å². The van der Waals surface area contributed by atoms with E-state index in [0.717, 1.165) is 50.8 Å². The molecule has 1 aromatic carbocycles. The summed E-state index contributed by atoms with van der Waals surface area (Å²) in [5.74, 6) is 0. The standard InChI is InChI=1S/C16H21N3OS/c1-13-16(21-12-18-13)10-17-15-4-2-14(3-5-15)11-19-6-8-20-9-7-19/h2-5,12,17H,6-11H2,1H3. The predicted molar refractivity (Wildman–Crippen MR) is 86.7 cm³/mol. The first-order valence-electron chi connectivity index (χ1n) is 7.33. The Labute approximate surface area is 129 Å². The van der Waals surface area contributed by atoms with Gasteiger partial charge in [0.05, 0.1) is 31.0 Å². The van der Waals surface area contributed by atoms with Gasteiger partial charge in [-0.15, -0.1) is 11.3 Å². The van der Waals surface area contributed by atoms with Crippen molar-refractivity contribution in [3.05, 3.63) is 45.9 Å².